The van der Waals surface area contributed by atoms with Gasteiger partial charge < -0.3 is 9.84 Å². The van der Waals surface area contributed by atoms with Crippen molar-refractivity contribution in [3.05, 3.63) is 46.3 Å². The number of hydrogen-bond donors (Lipinski definition) is 1. The number of pyridine rings is 2. The number of hydrogen-bond acceptors (Lipinski definition) is 4. The fourth-order valence-corrected chi connectivity index (χ4v) is 1.53. The van der Waals surface area contributed by atoms with Gasteiger partial charge in [-0.3, -0.25) is 4.98 Å². The summed E-state index contributed by atoms with van der Waals surface area (Å²) in [5, 5.41) is 9.92. The highest BCUT2D eigenvalue weighted by Gasteiger charge is 2.05. The van der Waals surface area contributed by atoms with Crippen molar-refractivity contribution in [1.29, 1.82) is 0 Å². The summed E-state index contributed by atoms with van der Waals surface area (Å²) in [6, 6.07) is 3.17. The van der Waals surface area contributed by atoms with Crippen LogP contribution in [-0.4, -0.2) is 15.1 Å². The van der Waals surface area contributed by atoms with E-state index < -0.39 is 0 Å². The molecule has 2 rings (SSSR count). The molecule has 0 aliphatic rings. The van der Waals surface area contributed by atoms with Gasteiger partial charge in [0.2, 0.25) is 5.88 Å². The standard InChI is InChI=1S/C11H8Cl2N2O2/c12-8-2-9(4-14-3-8)17-11-1-7(6-16)10(13)5-15-11/h1-5,16H,6H2. The Hall–Kier alpha value is -1.36. The molecule has 2 aromatic heterocycles. The number of ether oxygens (including phenoxy) is 1. The Bertz CT molecular complexity index is 535. The van der Waals surface area contributed by atoms with Crippen molar-refractivity contribution < 1.29 is 9.84 Å². The lowest BCUT2D eigenvalue weighted by Crippen LogP contribution is -1.92. The monoisotopic (exact) mass is 270 g/mol. The average molecular weight is 271 g/mol. The molecule has 2 heterocycles. The van der Waals surface area contributed by atoms with Gasteiger partial charge in [0.05, 0.1) is 22.8 Å². The molecule has 0 aliphatic heterocycles. The zero-order valence-electron chi connectivity index (χ0n) is 8.60. The molecule has 2 aromatic rings. The van der Waals surface area contributed by atoms with Gasteiger partial charge in [0, 0.05) is 30.1 Å². The van der Waals surface area contributed by atoms with Crippen LogP contribution < -0.4 is 4.74 Å². The van der Waals surface area contributed by atoms with Crippen LogP contribution in [0.3, 0.4) is 0 Å². The topological polar surface area (TPSA) is 55.2 Å². The van der Waals surface area contributed by atoms with Gasteiger partial charge >= 0.3 is 0 Å². The molecule has 0 bridgehead atoms. The largest absolute Gasteiger partial charge is 0.437 e. The van der Waals surface area contributed by atoms with E-state index in [1.54, 1.807) is 12.1 Å². The van der Waals surface area contributed by atoms with Crippen LogP contribution in [0.15, 0.2) is 30.7 Å². The van der Waals surface area contributed by atoms with Crippen LogP contribution in [-0.2, 0) is 6.61 Å². The Morgan fingerprint density at radius 2 is 2.00 bits per heavy atom. The van der Waals surface area contributed by atoms with Gasteiger partial charge in [0.15, 0.2) is 0 Å². The zero-order valence-corrected chi connectivity index (χ0v) is 10.1. The molecule has 0 atom stereocenters. The van der Waals surface area contributed by atoms with E-state index in [-0.39, 0.29) is 6.61 Å². The second kappa shape index (κ2) is 5.31. The molecule has 0 aliphatic carbocycles. The molecule has 0 unspecified atom stereocenters. The minimum Gasteiger partial charge on any atom is -0.437 e. The Balaban J connectivity index is 2.24. The van der Waals surface area contributed by atoms with E-state index in [0.29, 0.717) is 27.2 Å². The zero-order chi connectivity index (χ0) is 12.3. The summed E-state index contributed by atoms with van der Waals surface area (Å²) in [6.45, 7) is -0.175. The molecule has 0 spiro atoms. The lowest BCUT2D eigenvalue weighted by atomic mass is 10.3. The first-order chi connectivity index (χ1) is 8.19. The van der Waals surface area contributed by atoms with Crippen LogP contribution in [0.4, 0.5) is 0 Å². The second-order valence-electron chi connectivity index (χ2n) is 3.21. The molecule has 88 valence electrons. The highest BCUT2D eigenvalue weighted by molar-refractivity contribution is 6.31. The molecule has 17 heavy (non-hydrogen) atoms. The summed E-state index contributed by atoms with van der Waals surface area (Å²) in [5.41, 5.74) is 0.548. The van der Waals surface area contributed by atoms with Crippen LogP contribution in [0.1, 0.15) is 5.56 Å². The lowest BCUT2D eigenvalue weighted by molar-refractivity contribution is 0.281. The fourth-order valence-electron chi connectivity index (χ4n) is 1.20. The molecule has 4 nitrogen and oxygen atoms in total. The van der Waals surface area contributed by atoms with Gasteiger partial charge in [-0.15, -0.1) is 0 Å². The van der Waals surface area contributed by atoms with E-state index in [1.807, 2.05) is 0 Å². The van der Waals surface area contributed by atoms with Crippen LogP contribution in [0, 0.1) is 0 Å². The van der Waals surface area contributed by atoms with Gasteiger partial charge in [0.25, 0.3) is 0 Å². The van der Waals surface area contributed by atoms with E-state index in [2.05, 4.69) is 9.97 Å². The molecule has 6 heteroatoms. The SMILES string of the molecule is OCc1cc(Oc2cncc(Cl)c2)ncc1Cl. The summed E-state index contributed by atoms with van der Waals surface area (Å²) in [6.07, 6.45) is 4.43. The summed E-state index contributed by atoms with van der Waals surface area (Å²) >= 11 is 11.6. The van der Waals surface area contributed by atoms with E-state index in [0.717, 1.165) is 0 Å². The van der Waals surface area contributed by atoms with Gasteiger partial charge in [-0.05, 0) is 0 Å². The van der Waals surface area contributed by atoms with Crippen molar-refractivity contribution in [3.63, 3.8) is 0 Å². The fraction of sp³-hybridized carbons (Fsp3) is 0.0909. The van der Waals surface area contributed by atoms with E-state index in [1.165, 1.54) is 18.6 Å². The third-order valence-corrected chi connectivity index (χ3v) is 2.53. The number of rotatable bonds is 3. The number of aliphatic hydroxyl groups excluding tert-OH is 1. The van der Waals surface area contributed by atoms with E-state index in [9.17, 15) is 0 Å². The van der Waals surface area contributed by atoms with Crippen molar-refractivity contribution in [2.24, 2.45) is 0 Å². The Morgan fingerprint density at radius 3 is 2.71 bits per heavy atom. The van der Waals surface area contributed by atoms with E-state index >= 15 is 0 Å². The summed E-state index contributed by atoms with van der Waals surface area (Å²) in [4.78, 5) is 7.86. The predicted octanol–water partition coefficient (Wildman–Crippen LogP) is 3.07. The molecule has 1 N–H and O–H groups in total. The van der Waals surface area contributed by atoms with Crippen molar-refractivity contribution in [3.8, 4) is 11.6 Å². The molecule has 0 saturated carbocycles. The molecule has 0 saturated heterocycles. The number of aliphatic hydroxyl groups is 1. The Kier molecular flexibility index (Phi) is 3.78. The van der Waals surface area contributed by atoms with Crippen molar-refractivity contribution in [2.45, 2.75) is 6.61 Å². The third-order valence-electron chi connectivity index (χ3n) is 1.98. The highest BCUT2D eigenvalue weighted by atomic mass is 35.5. The summed E-state index contributed by atoms with van der Waals surface area (Å²) in [7, 11) is 0. The highest BCUT2D eigenvalue weighted by Crippen LogP contribution is 2.24. The van der Waals surface area contributed by atoms with Crippen LogP contribution >= 0.6 is 23.2 Å². The Morgan fingerprint density at radius 1 is 1.18 bits per heavy atom. The van der Waals surface area contributed by atoms with Gasteiger partial charge in [-0.25, -0.2) is 4.98 Å². The van der Waals surface area contributed by atoms with Crippen LogP contribution in [0.25, 0.3) is 0 Å². The molecule has 0 radical (unpaired) electrons. The third kappa shape index (κ3) is 3.06. The first-order valence-corrected chi connectivity index (χ1v) is 5.48. The predicted molar refractivity (Wildman–Crippen MR) is 64.5 cm³/mol. The van der Waals surface area contributed by atoms with Crippen LogP contribution in [0.5, 0.6) is 11.6 Å². The minimum atomic E-state index is -0.175. The first-order valence-electron chi connectivity index (χ1n) is 4.72. The molecule has 0 amide bonds. The minimum absolute atomic E-state index is 0.175. The quantitative estimate of drug-likeness (QED) is 0.932. The van der Waals surface area contributed by atoms with Crippen molar-refractivity contribution >= 4 is 23.2 Å². The first kappa shape index (κ1) is 12.1. The molecular formula is C11H8Cl2N2O2. The maximum Gasteiger partial charge on any atom is 0.219 e. The smallest absolute Gasteiger partial charge is 0.219 e. The van der Waals surface area contributed by atoms with Gasteiger partial charge in [-0.2, -0.15) is 0 Å². The van der Waals surface area contributed by atoms with Crippen LogP contribution in [0.2, 0.25) is 10.0 Å². The summed E-state index contributed by atoms with van der Waals surface area (Å²) in [5.74, 6) is 0.790. The van der Waals surface area contributed by atoms with Crippen molar-refractivity contribution in [2.75, 3.05) is 0 Å². The van der Waals surface area contributed by atoms with Crippen molar-refractivity contribution in [1.82, 2.24) is 9.97 Å². The lowest BCUT2D eigenvalue weighted by Gasteiger charge is -2.06. The molecule has 0 fully saturated rings. The molecular weight excluding hydrogens is 263 g/mol. The maximum atomic E-state index is 9.05. The second-order valence-corrected chi connectivity index (χ2v) is 4.06. The number of aromatic nitrogens is 2. The van der Waals surface area contributed by atoms with E-state index in [4.69, 9.17) is 33.0 Å². The maximum absolute atomic E-state index is 9.05. The summed E-state index contributed by atoms with van der Waals surface area (Å²) < 4.78 is 5.43. The average Bonchev–Trinajstić information content (AvgIpc) is 2.32. The van der Waals surface area contributed by atoms with Gasteiger partial charge in [0.1, 0.15) is 5.75 Å². The number of halogens is 2. The normalized spacial score (nSPS) is 10.3. The number of nitrogens with zero attached hydrogens (tertiary/aromatic N) is 2. The van der Waals surface area contributed by atoms with Gasteiger partial charge in [-0.1, -0.05) is 23.2 Å². The molecule has 0 aromatic carbocycles. The Labute approximate surface area is 108 Å².